The van der Waals surface area contributed by atoms with Gasteiger partial charge in [0.05, 0.1) is 5.70 Å². The summed E-state index contributed by atoms with van der Waals surface area (Å²) in [6.45, 7) is 12.8. The highest BCUT2D eigenvalue weighted by molar-refractivity contribution is 6.30. The molecular weight excluding hydrogens is 460 g/mol. The molecule has 1 amide bonds. The van der Waals surface area contributed by atoms with Crippen molar-refractivity contribution in [1.82, 2.24) is 15.3 Å². The second kappa shape index (κ2) is 16.7. The Balaban J connectivity index is 0.00000145. The van der Waals surface area contributed by atoms with Crippen LogP contribution in [-0.2, 0) is 4.79 Å². The van der Waals surface area contributed by atoms with Crippen LogP contribution in [0.15, 0.2) is 54.0 Å². The van der Waals surface area contributed by atoms with Crippen LogP contribution >= 0.6 is 11.6 Å². The fourth-order valence-electron chi connectivity index (χ4n) is 4.00. The van der Waals surface area contributed by atoms with Crippen molar-refractivity contribution in [2.45, 2.75) is 47.0 Å². The van der Waals surface area contributed by atoms with Crippen LogP contribution in [0.5, 0.6) is 0 Å². The Morgan fingerprint density at radius 2 is 1.91 bits per heavy atom. The zero-order chi connectivity index (χ0) is 26.2. The van der Waals surface area contributed by atoms with Crippen LogP contribution in [0.3, 0.4) is 0 Å². The first-order valence-electron chi connectivity index (χ1n) is 12.4. The average Bonchev–Trinajstić information content (AvgIpc) is 3.24. The lowest BCUT2D eigenvalue weighted by atomic mass is 10.1. The van der Waals surface area contributed by atoms with Crippen molar-refractivity contribution >= 4 is 23.2 Å². The number of allylic oxidation sites excluding steroid dienone is 4. The van der Waals surface area contributed by atoms with Crippen LogP contribution < -0.4 is 10.3 Å². The normalized spacial score (nSPS) is 15.7. The zero-order valence-corrected chi connectivity index (χ0v) is 22.4. The lowest BCUT2D eigenvalue weighted by molar-refractivity contribution is -0.126. The number of carbonyl (C=O) groups is 1. The molecule has 0 radical (unpaired) electrons. The summed E-state index contributed by atoms with van der Waals surface area (Å²) >= 11 is 6.20. The van der Waals surface area contributed by atoms with Gasteiger partial charge in [0.25, 0.3) is 0 Å². The molecule has 0 aromatic heterocycles. The maximum Gasteiger partial charge on any atom is 0.236 e. The highest BCUT2D eigenvalue weighted by atomic mass is 35.5. The Hall–Kier alpha value is -2.88. The number of carbonyl (C=O) groups excluding carboxylic acids is 1. The van der Waals surface area contributed by atoms with Crippen LogP contribution in [-0.4, -0.2) is 60.2 Å². The van der Waals surface area contributed by atoms with Gasteiger partial charge < -0.3 is 14.9 Å². The van der Waals surface area contributed by atoms with Gasteiger partial charge in [-0.15, -0.1) is 12.8 Å². The monoisotopic (exact) mass is 500 g/mol. The Bertz CT molecular complexity index is 907. The van der Waals surface area contributed by atoms with E-state index in [0.29, 0.717) is 25.1 Å². The van der Waals surface area contributed by atoms with Crippen molar-refractivity contribution < 1.29 is 9.90 Å². The predicted octanol–water partition coefficient (Wildman–Crippen LogP) is 5.47. The maximum absolute atomic E-state index is 12.6. The van der Waals surface area contributed by atoms with E-state index in [4.69, 9.17) is 11.6 Å². The SMILES string of the molecule is C#C.CC.CCN(CCC(=O)NN1CCCN(c2cc(Cl)ccc2C)CC1)C1=C(O)CC=CC=C1. The number of nitrogens with one attached hydrogen (secondary N) is 1. The van der Waals surface area contributed by atoms with Crippen LogP contribution in [0.25, 0.3) is 0 Å². The standard InChI is InChI=1S/C24H33ClN4O2.C2H6.C2H2/c1-3-27(21-8-5-4-6-9-23(21)30)15-12-24(31)26-29-14-7-13-28(16-17-29)22-18-20(25)11-10-19(22)2;2*1-2/h4-6,8,10-11,18,30H,3,7,9,12-17H2,1-2H3,(H,26,31);1-2H3;1-2H. The number of anilines is 1. The van der Waals surface area contributed by atoms with Gasteiger partial charge >= 0.3 is 0 Å². The lowest BCUT2D eigenvalue weighted by Gasteiger charge is -2.27. The van der Waals surface area contributed by atoms with E-state index >= 15 is 0 Å². The number of rotatable bonds is 7. The first-order valence-corrected chi connectivity index (χ1v) is 12.7. The number of hydrogen-bond acceptors (Lipinski definition) is 5. The van der Waals surface area contributed by atoms with E-state index in [1.807, 2.05) is 73.2 Å². The van der Waals surface area contributed by atoms with Crippen LogP contribution in [0.1, 0.15) is 45.6 Å². The number of likely N-dealkylation sites (N-methyl/N-ethyl adjacent to an activating group) is 1. The summed E-state index contributed by atoms with van der Waals surface area (Å²) in [4.78, 5) is 17.0. The predicted molar refractivity (Wildman–Crippen MR) is 148 cm³/mol. The smallest absolute Gasteiger partial charge is 0.236 e. The molecule has 7 heteroatoms. The number of hydrazine groups is 1. The quantitative estimate of drug-likeness (QED) is 0.486. The van der Waals surface area contributed by atoms with Gasteiger partial charge in [-0.2, -0.15) is 0 Å². The van der Waals surface area contributed by atoms with Crippen molar-refractivity contribution in [3.8, 4) is 12.8 Å². The number of terminal acetylenes is 1. The molecule has 1 aromatic rings. The number of halogens is 1. The molecule has 35 heavy (non-hydrogen) atoms. The average molecular weight is 501 g/mol. The van der Waals surface area contributed by atoms with Crippen molar-refractivity contribution in [1.29, 1.82) is 0 Å². The molecule has 0 spiro atoms. The third-order valence-corrected chi connectivity index (χ3v) is 5.97. The zero-order valence-electron chi connectivity index (χ0n) is 21.6. The molecule has 1 fully saturated rings. The molecule has 6 nitrogen and oxygen atoms in total. The fraction of sp³-hybridized carbons (Fsp3) is 0.464. The molecular formula is C28H41ClN4O2. The minimum atomic E-state index is 0.00153. The van der Waals surface area contributed by atoms with Crippen molar-refractivity contribution in [3.63, 3.8) is 0 Å². The fourth-order valence-corrected chi connectivity index (χ4v) is 4.17. The first-order chi connectivity index (χ1) is 17.0. The summed E-state index contributed by atoms with van der Waals surface area (Å²) in [6, 6.07) is 5.99. The van der Waals surface area contributed by atoms with Crippen molar-refractivity contribution in [2.75, 3.05) is 44.2 Å². The molecule has 0 atom stereocenters. The second-order valence-electron chi connectivity index (χ2n) is 7.95. The number of aliphatic hydroxyl groups is 1. The summed E-state index contributed by atoms with van der Waals surface area (Å²) in [5, 5.41) is 13.0. The molecule has 1 aromatic carbocycles. The Labute approximate surface area is 216 Å². The highest BCUT2D eigenvalue weighted by Crippen LogP contribution is 2.25. The minimum absolute atomic E-state index is 0.00153. The number of amides is 1. The molecule has 0 bridgehead atoms. The molecule has 0 unspecified atom stereocenters. The third-order valence-electron chi connectivity index (χ3n) is 5.73. The number of nitrogens with zero attached hydrogens (tertiary/aromatic N) is 3. The van der Waals surface area contributed by atoms with E-state index < -0.39 is 0 Å². The van der Waals surface area contributed by atoms with Crippen LogP contribution in [0.2, 0.25) is 5.02 Å². The Kier molecular flexibility index (Phi) is 14.4. The van der Waals surface area contributed by atoms with E-state index in [0.717, 1.165) is 49.9 Å². The number of hydrogen-bond donors (Lipinski definition) is 2. The number of aryl methyl sites for hydroxylation is 1. The molecule has 1 saturated heterocycles. The third kappa shape index (κ3) is 9.71. The largest absolute Gasteiger partial charge is 0.510 e. The van der Waals surface area contributed by atoms with Crippen molar-refractivity contribution in [2.24, 2.45) is 0 Å². The van der Waals surface area contributed by atoms with E-state index in [1.54, 1.807) is 0 Å². The van der Waals surface area contributed by atoms with Crippen molar-refractivity contribution in [3.05, 3.63) is 64.5 Å². The molecule has 2 N–H and O–H groups in total. The topological polar surface area (TPSA) is 59.1 Å². The highest BCUT2D eigenvalue weighted by Gasteiger charge is 2.19. The molecule has 3 rings (SSSR count). The molecule has 1 heterocycles. The van der Waals surface area contributed by atoms with E-state index in [-0.39, 0.29) is 5.91 Å². The summed E-state index contributed by atoms with van der Waals surface area (Å²) in [6.07, 6.45) is 17.5. The van der Waals surface area contributed by atoms with E-state index in [9.17, 15) is 9.90 Å². The summed E-state index contributed by atoms with van der Waals surface area (Å²) in [5.41, 5.74) is 6.24. The summed E-state index contributed by atoms with van der Waals surface area (Å²) in [7, 11) is 0. The molecule has 1 aliphatic carbocycles. The lowest BCUT2D eigenvalue weighted by Crippen LogP contribution is -2.45. The van der Waals surface area contributed by atoms with Crippen LogP contribution in [0.4, 0.5) is 5.69 Å². The molecule has 1 aliphatic heterocycles. The maximum atomic E-state index is 12.6. The van der Waals surface area contributed by atoms with Gasteiger partial charge in [0.1, 0.15) is 5.76 Å². The molecule has 2 aliphatic rings. The van der Waals surface area contributed by atoms with Gasteiger partial charge in [-0.3, -0.25) is 10.2 Å². The molecule has 0 saturated carbocycles. The van der Waals surface area contributed by atoms with Gasteiger partial charge in [-0.05, 0) is 44.0 Å². The summed E-state index contributed by atoms with van der Waals surface area (Å²) in [5.74, 6) is 0.345. The van der Waals surface area contributed by atoms with Gasteiger partial charge in [0.15, 0.2) is 0 Å². The van der Waals surface area contributed by atoms with Gasteiger partial charge in [0, 0.05) is 62.8 Å². The number of benzene rings is 1. The molecule has 192 valence electrons. The minimum Gasteiger partial charge on any atom is -0.510 e. The van der Waals surface area contributed by atoms with Crippen LogP contribution in [0, 0.1) is 19.8 Å². The summed E-state index contributed by atoms with van der Waals surface area (Å²) < 4.78 is 0. The van der Waals surface area contributed by atoms with E-state index in [2.05, 4.69) is 30.1 Å². The van der Waals surface area contributed by atoms with Gasteiger partial charge in [0.2, 0.25) is 5.91 Å². The van der Waals surface area contributed by atoms with Gasteiger partial charge in [-0.25, -0.2) is 5.01 Å². The first kappa shape index (κ1) is 30.2. The Morgan fingerprint density at radius 1 is 1.17 bits per heavy atom. The second-order valence-corrected chi connectivity index (χ2v) is 8.38. The van der Waals surface area contributed by atoms with E-state index in [1.165, 1.54) is 11.3 Å². The Morgan fingerprint density at radius 3 is 2.63 bits per heavy atom. The number of aliphatic hydroxyl groups excluding tert-OH is 1. The van der Waals surface area contributed by atoms with Gasteiger partial charge in [-0.1, -0.05) is 49.7 Å².